The largest absolute Gasteiger partial charge is 0.398 e. The molecule has 40 heavy (non-hydrogen) atoms. The number of Topliss-reactive ketones (excluding diaryl/α,β-unsaturated/α-hetero) is 1. The van der Waals surface area contributed by atoms with Gasteiger partial charge in [-0.1, -0.05) is 49.2 Å². The summed E-state index contributed by atoms with van der Waals surface area (Å²) in [7, 11) is 0. The summed E-state index contributed by atoms with van der Waals surface area (Å²) in [6.07, 6.45) is 5.93. The van der Waals surface area contributed by atoms with Crippen molar-refractivity contribution in [2.75, 3.05) is 5.73 Å². The van der Waals surface area contributed by atoms with Crippen molar-refractivity contribution in [1.82, 2.24) is 20.3 Å². The molecule has 0 spiro atoms. The molecule has 0 radical (unpaired) electrons. The van der Waals surface area contributed by atoms with Crippen LogP contribution in [0.3, 0.4) is 0 Å². The molecule has 5 aromatic rings. The standard InChI is InChI=1S/C30H27F2N5O2S/c31-22-13-21(24(33)14-23(22)32)27(38)9-3-1-2-8-25(37-30(39)28-16-34-17-40-28)29-35-15-26(36-29)20-11-10-18-6-4-5-7-19(18)12-20/h4-7,10-17,25H,1-3,8-9,33H2,(H,35,36)(H,37,39)/t25-/m0/s1. The Kier molecular flexibility index (Phi) is 8.26. The normalized spacial score (nSPS) is 11.9. The Morgan fingerprint density at radius 1 is 0.975 bits per heavy atom. The Morgan fingerprint density at radius 3 is 2.58 bits per heavy atom. The quantitative estimate of drug-likeness (QED) is 0.0930. The Morgan fingerprint density at radius 2 is 1.77 bits per heavy atom. The number of aromatic amines is 1. The summed E-state index contributed by atoms with van der Waals surface area (Å²) in [6.45, 7) is 0. The predicted octanol–water partition coefficient (Wildman–Crippen LogP) is 6.85. The molecule has 0 aliphatic heterocycles. The van der Waals surface area contributed by atoms with E-state index in [9.17, 15) is 18.4 Å². The van der Waals surface area contributed by atoms with Crippen molar-refractivity contribution in [3.05, 3.63) is 100 Å². The van der Waals surface area contributed by atoms with E-state index in [1.54, 1.807) is 11.7 Å². The van der Waals surface area contributed by atoms with E-state index in [1.807, 2.05) is 18.2 Å². The molecule has 4 N–H and O–H groups in total. The summed E-state index contributed by atoms with van der Waals surface area (Å²) in [6, 6.07) is 15.6. The van der Waals surface area contributed by atoms with Crippen LogP contribution in [0.2, 0.25) is 0 Å². The number of rotatable bonds is 11. The maximum Gasteiger partial charge on any atom is 0.263 e. The van der Waals surface area contributed by atoms with Crippen molar-refractivity contribution in [3.63, 3.8) is 0 Å². The van der Waals surface area contributed by atoms with Crippen LogP contribution in [0.4, 0.5) is 14.5 Å². The number of carbonyl (C=O) groups is 2. The molecule has 10 heteroatoms. The third-order valence-electron chi connectivity index (χ3n) is 6.74. The summed E-state index contributed by atoms with van der Waals surface area (Å²) in [5.41, 5.74) is 9.05. The Balaban J connectivity index is 1.24. The van der Waals surface area contributed by atoms with Gasteiger partial charge in [0.1, 0.15) is 10.7 Å². The number of H-pyrrole nitrogens is 1. The van der Waals surface area contributed by atoms with E-state index in [0.29, 0.717) is 36.4 Å². The lowest BCUT2D eigenvalue weighted by Gasteiger charge is -2.16. The topological polar surface area (TPSA) is 114 Å². The maximum atomic E-state index is 13.6. The number of ketones is 1. The van der Waals surface area contributed by atoms with Crippen molar-refractivity contribution in [2.45, 2.75) is 38.1 Å². The van der Waals surface area contributed by atoms with Crippen LogP contribution in [-0.2, 0) is 0 Å². The number of benzene rings is 3. The highest BCUT2D eigenvalue weighted by atomic mass is 32.1. The van der Waals surface area contributed by atoms with Crippen LogP contribution in [0, 0.1) is 11.6 Å². The first-order chi connectivity index (χ1) is 19.4. The van der Waals surface area contributed by atoms with Gasteiger partial charge in [0, 0.05) is 29.3 Å². The molecule has 1 amide bonds. The number of thiazole rings is 1. The third kappa shape index (κ3) is 6.23. The molecule has 2 heterocycles. The second kappa shape index (κ2) is 12.2. The van der Waals surface area contributed by atoms with Crippen LogP contribution in [-0.4, -0.2) is 26.6 Å². The number of hydrogen-bond donors (Lipinski definition) is 3. The molecule has 5 rings (SSSR count). The first kappa shape index (κ1) is 27.1. The predicted molar refractivity (Wildman–Crippen MR) is 152 cm³/mol. The number of nitrogens with two attached hydrogens (primary N) is 1. The van der Waals surface area contributed by atoms with Crippen LogP contribution in [0.5, 0.6) is 0 Å². The van der Waals surface area contributed by atoms with Crippen LogP contribution < -0.4 is 11.1 Å². The van der Waals surface area contributed by atoms with Gasteiger partial charge in [0.2, 0.25) is 0 Å². The number of carbonyl (C=O) groups excluding carboxylic acids is 2. The molecule has 0 aliphatic rings. The van der Waals surface area contributed by atoms with Gasteiger partial charge in [0.05, 0.1) is 29.6 Å². The number of fused-ring (bicyclic) bond motifs is 1. The van der Waals surface area contributed by atoms with Gasteiger partial charge in [0.15, 0.2) is 17.4 Å². The SMILES string of the molecule is Nc1cc(F)c(F)cc1C(=O)CCCCC[C@H](NC(=O)c1cncs1)c1ncc(-c2ccc3ccccc3c2)[nH]1. The van der Waals surface area contributed by atoms with E-state index in [0.717, 1.165) is 34.2 Å². The number of anilines is 1. The fourth-order valence-corrected chi connectivity index (χ4v) is 5.12. The van der Waals surface area contributed by atoms with E-state index in [2.05, 4.69) is 44.5 Å². The molecule has 0 unspecified atom stereocenters. The molecular weight excluding hydrogens is 532 g/mol. The molecule has 2 aromatic heterocycles. The van der Waals surface area contributed by atoms with Gasteiger partial charge in [-0.05, 0) is 35.7 Å². The highest BCUT2D eigenvalue weighted by Gasteiger charge is 2.20. The minimum absolute atomic E-state index is 0.00889. The van der Waals surface area contributed by atoms with Crippen molar-refractivity contribution in [1.29, 1.82) is 0 Å². The maximum absolute atomic E-state index is 13.6. The van der Waals surface area contributed by atoms with Crippen molar-refractivity contribution in [3.8, 4) is 11.3 Å². The number of nitrogens with one attached hydrogen (secondary N) is 2. The summed E-state index contributed by atoms with van der Waals surface area (Å²) in [5, 5.41) is 5.31. The van der Waals surface area contributed by atoms with E-state index in [-0.39, 0.29) is 35.4 Å². The number of aromatic nitrogens is 3. The Labute approximate surface area is 233 Å². The smallest absolute Gasteiger partial charge is 0.263 e. The van der Waals surface area contributed by atoms with E-state index >= 15 is 0 Å². The number of halogens is 2. The molecular formula is C30H27F2N5O2S. The van der Waals surface area contributed by atoms with Crippen molar-refractivity contribution in [2.24, 2.45) is 0 Å². The van der Waals surface area contributed by atoms with Gasteiger partial charge in [-0.25, -0.2) is 13.8 Å². The van der Waals surface area contributed by atoms with Crippen LogP contribution in [0.25, 0.3) is 22.0 Å². The summed E-state index contributed by atoms with van der Waals surface area (Å²) >= 11 is 1.26. The summed E-state index contributed by atoms with van der Waals surface area (Å²) in [4.78, 5) is 37.8. The van der Waals surface area contributed by atoms with Gasteiger partial charge in [-0.3, -0.25) is 14.6 Å². The molecule has 0 bridgehead atoms. The third-order valence-corrected chi connectivity index (χ3v) is 7.51. The van der Waals surface area contributed by atoms with E-state index < -0.39 is 11.6 Å². The average molecular weight is 560 g/mol. The Hall–Kier alpha value is -4.44. The Bertz CT molecular complexity index is 1650. The highest BCUT2D eigenvalue weighted by molar-refractivity contribution is 7.11. The molecule has 0 aliphatic carbocycles. The van der Waals surface area contributed by atoms with Gasteiger partial charge in [-0.15, -0.1) is 11.3 Å². The van der Waals surface area contributed by atoms with Crippen LogP contribution in [0.1, 0.15) is 64.0 Å². The van der Waals surface area contributed by atoms with E-state index in [1.165, 1.54) is 17.5 Å². The lowest BCUT2D eigenvalue weighted by atomic mass is 10.0. The molecule has 7 nitrogen and oxygen atoms in total. The zero-order valence-corrected chi connectivity index (χ0v) is 22.3. The number of unbranched alkanes of at least 4 members (excludes halogenated alkanes) is 2. The second-order valence-electron chi connectivity index (χ2n) is 9.51. The number of hydrogen-bond acceptors (Lipinski definition) is 6. The first-order valence-electron chi connectivity index (χ1n) is 12.9. The van der Waals surface area contributed by atoms with Crippen LogP contribution >= 0.6 is 11.3 Å². The summed E-state index contributed by atoms with van der Waals surface area (Å²) < 4.78 is 26.9. The number of imidazole rings is 1. The number of nitrogens with zero attached hydrogens (tertiary/aromatic N) is 2. The van der Waals surface area contributed by atoms with Crippen LogP contribution in [0.15, 0.2) is 72.5 Å². The fraction of sp³-hybridized carbons (Fsp3) is 0.200. The fourth-order valence-electron chi connectivity index (χ4n) is 4.60. The second-order valence-corrected chi connectivity index (χ2v) is 10.4. The number of amides is 1. The molecule has 1 atom stereocenters. The van der Waals surface area contributed by atoms with Crippen molar-refractivity contribution >= 4 is 39.5 Å². The number of nitrogen functional groups attached to an aromatic ring is 1. The molecule has 0 saturated carbocycles. The average Bonchev–Trinajstić information content (AvgIpc) is 3.67. The van der Waals surface area contributed by atoms with Gasteiger partial charge >= 0.3 is 0 Å². The zero-order chi connectivity index (χ0) is 28.1. The molecule has 0 saturated heterocycles. The molecule has 0 fully saturated rings. The van der Waals surface area contributed by atoms with E-state index in [4.69, 9.17) is 5.73 Å². The lowest BCUT2D eigenvalue weighted by molar-refractivity contribution is 0.0935. The lowest BCUT2D eigenvalue weighted by Crippen LogP contribution is -2.28. The monoisotopic (exact) mass is 559 g/mol. The minimum atomic E-state index is -1.10. The van der Waals surface area contributed by atoms with Gasteiger partial charge in [-0.2, -0.15) is 0 Å². The molecule has 204 valence electrons. The van der Waals surface area contributed by atoms with Crippen molar-refractivity contribution < 1.29 is 18.4 Å². The molecule has 3 aromatic carbocycles. The highest BCUT2D eigenvalue weighted by Crippen LogP contribution is 2.27. The minimum Gasteiger partial charge on any atom is -0.398 e. The zero-order valence-electron chi connectivity index (χ0n) is 21.5. The van der Waals surface area contributed by atoms with Gasteiger partial charge < -0.3 is 16.0 Å². The van der Waals surface area contributed by atoms with Gasteiger partial charge in [0.25, 0.3) is 5.91 Å². The first-order valence-corrected chi connectivity index (χ1v) is 13.8. The summed E-state index contributed by atoms with van der Waals surface area (Å²) in [5.74, 6) is -2.12.